The van der Waals surface area contributed by atoms with Crippen molar-refractivity contribution in [3.05, 3.63) is 111 Å². The fourth-order valence-corrected chi connectivity index (χ4v) is 9.12. The van der Waals surface area contributed by atoms with Crippen molar-refractivity contribution < 1.29 is 37.5 Å². The van der Waals surface area contributed by atoms with Gasteiger partial charge in [-0.3, -0.25) is 29.5 Å². The summed E-state index contributed by atoms with van der Waals surface area (Å²) in [4.78, 5) is 61.8. The zero-order valence-corrected chi connectivity index (χ0v) is 28.1. The molecule has 4 amide bonds. The molecule has 3 aromatic carbocycles. The van der Waals surface area contributed by atoms with Crippen LogP contribution in [-0.2, 0) is 30.8 Å². The number of nitrogens with zero attached hydrogens (tertiary/aromatic N) is 3. The number of benzene rings is 3. The molecule has 3 fully saturated rings. The van der Waals surface area contributed by atoms with Gasteiger partial charge >= 0.3 is 6.18 Å². The molecule has 0 spiro atoms. The molecule has 4 aliphatic rings. The lowest BCUT2D eigenvalue weighted by molar-refractivity contribution is -0.140. The summed E-state index contributed by atoms with van der Waals surface area (Å²) in [5.41, 5.74) is 1.04. The van der Waals surface area contributed by atoms with Gasteiger partial charge in [0.05, 0.1) is 33.8 Å². The minimum Gasteiger partial charge on any atom is -0.507 e. The van der Waals surface area contributed by atoms with Crippen LogP contribution in [0, 0.1) is 23.7 Å². The van der Waals surface area contributed by atoms with Crippen LogP contribution in [0.4, 0.5) is 19.0 Å². The Morgan fingerprint density at radius 2 is 1.67 bits per heavy atom. The number of hydrogen-bond acceptors (Lipinski definition) is 7. The number of rotatable bonds is 4. The number of alkyl halides is 3. The largest absolute Gasteiger partial charge is 0.507 e. The van der Waals surface area contributed by atoms with Crippen LogP contribution in [0.25, 0.3) is 10.8 Å². The molecule has 14 heteroatoms. The first-order valence-corrected chi connectivity index (χ1v) is 16.9. The number of allylic oxidation sites excluding steroid dienone is 2. The maximum atomic E-state index is 15.2. The summed E-state index contributed by atoms with van der Waals surface area (Å²) in [5.74, 6) is -7.11. The number of hydrazine groups is 1. The first kappa shape index (κ1) is 33.2. The summed E-state index contributed by atoms with van der Waals surface area (Å²) < 4.78 is 40.3. The third-order valence-electron chi connectivity index (χ3n) is 11.0. The van der Waals surface area contributed by atoms with E-state index in [9.17, 15) is 32.7 Å². The zero-order valence-electron chi connectivity index (χ0n) is 26.6. The van der Waals surface area contributed by atoms with E-state index in [1.165, 1.54) is 7.05 Å². The molecule has 1 aromatic heterocycles. The van der Waals surface area contributed by atoms with E-state index in [1.54, 1.807) is 48.5 Å². The number of amides is 4. The maximum absolute atomic E-state index is 15.2. The highest BCUT2D eigenvalue weighted by molar-refractivity contribution is 6.33. The number of nitrogens with one attached hydrogen (secondary N) is 1. The van der Waals surface area contributed by atoms with Gasteiger partial charge in [0.1, 0.15) is 5.75 Å². The Bertz CT molecular complexity index is 2230. The molecule has 51 heavy (non-hydrogen) atoms. The van der Waals surface area contributed by atoms with Crippen LogP contribution >= 0.6 is 23.2 Å². The Labute approximate surface area is 298 Å². The molecule has 2 saturated heterocycles. The second kappa shape index (κ2) is 11.5. The minimum atomic E-state index is -4.74. The molecule has 8 rings (SSSR count). The molecule has 2 aliphatic carbocycles. The van der Waals surface area contributed by atoms with Crippen LogP contribution in [0.15, 0.2) is 84.6 Å². The number of aromatic hydroxyl groups is 1. The van der Waals surface area contributed by atoms with Gasteiger partial charge in [0.25, 0.3) is 11.8 Å². The van der Waals surface area contributed by atoms with Crippen molar-refractivity contribution in [1.29, 1.82) is 0 Å². The standard InChI is InChI=1S/C37H27Cl2F3N4O5/c1-45-32(48)23-13-12-22-25(28(23)34(45)50)15-26-33(49)46(44-31-27(39)14-19(16-43-31)37(40,41)42)35(51)36(26,18-7-9-20(38)10-8-18)29(22)24-11-6-17-4-2-3-5-21(17)30(24)47/h2-12,14,16,23,25-26,28-29,47H,13,15H2,1H3,(H,43,44). The third kappa shape index (κ3) is 4.72. The lowest BCUT2D eigenvalue weighted by Gasteiger charge is -2.50. The number of imide groups is 2. The van der Waals surface area contributed by atoms with Crippen LogP contribution in [-0.4, -0.2) is 50.7 Å². The Morgan fingerprint density at radius 1 is 0.941 bits per heavy atom. The van der Waals surface area contributed by atoms with Crippen molar-refractivity contribution in [2.45, 2.75) is 30.4 Å². The van der Waals surface area contributed by atoms with Crippen LogP contribution in [0.3, 0.4) is 0 Å². The molecule has 260 valence electrons. The average Bonchev–Trinajstić information content (AvgIpc) is 3.46. The summed E-state index contributed by atoms with van der Waals surface area (Å²) >= 11 is 12.5. The molecule has 1 saturated carbocycles. The number of phenolic OH excluding ortho intramolecular Hbond substituents is 1. The molecule has 2 N–H and O–H groups in total. The SMILES string of the molecule is CN1C(=O)C2CC=C3C(CC4C(=O)N(Nc5ncc(C(F)(F)F)cc5Cl)C(=O)C4(c4ccc(Cl)cc4)C3c3ccc4ccccc4c3O)C2C1=O. The molecular weight excluding hydrogens is 708 g/mol. The lowest BCUT2D eigenvalue weighted by Crippen LogP contribution is -2.53. The maximum Gasteiger partial charge on any atom is 0.417 e. The molecule has 0 radical (unpaired) electrons. The molecule has 3 heterocycles. The molecule has 6 unspecified atom stereocenters. The van der Waals surface area contributed by atoms with Crippen LogP contribution in [0.2, 0.25) is 10.0 Å². The first-order chi connectivity index (χ1) is 24.2. The third-order valence-corrected chi connectivity index (χ3v) is 11.6. The van der Waals surface area contributed by atoms with Crippen molar-refractivity contribution >= 4 is 63.4 Å². The Hall–Kier alpha value is -4.94. The summed E-state index contributed by atoms with van der Waals surface area (Å²) in [6.45, 7) is 0. The zero-order chi connectivity index (χ0) is 36.1. The second-order valence-corrected chi connectivity index (χ2v) is 14.2. The summed E-state index contributed by atoms with van der Waals surface area (Å²) in [7, 11) is 1.42. The van der Waals surface area contributed by atoms with E-state index >= 15 is 4.79 Å². The van der Waals surface area contributed by atoms with Gasteiger partial charge in [-0.15, -0.1) is 0 Å². The van der Waals surface area contributed by atoms with E-state index in [1.807, 2.05) is 18.2 Å². The number of phenols is 1. The van der Waals surface area contributed by atoms with E-state index in [2.05, 4.69) is 10.4 Å². The number of hydrogen-bond donors (Lipinski definition) is 2. The Morgan fingerprint density at radius 3 is 2.37 bits per heavy atom. The monoisotopic (exact) mass is 734 g/mol. The van der Waals surface area contributed by atoms with Crippen molar-refractivity contribution in [3.8, 4) is 5.75 Å². The van der Waals surface area contributed by atoms with Gasteiger partial charge < -0.3 is 5.11 Å². The molecule has 4 aromatic rings. The van der Waals surface area contributed by atoms with E-state index in [-0.39, 0.29) is 30.3 Å². The number of carbonyl (C=O) groups excluding carboxylic acids is 4. The van der Waals surface area contributed by atoms with Crippen LogP contribution in [0.5, 0.6) is 5.75 Å². The smallest absolute Gasteiger partial charge is 0.417 e. The Kier molecular flexibility index (Phi) is 7.52. The number of fused-ring (bicyclic) bond motifs is 5. The van der Waals surface area contributed by atoms with Gasteiger partial charge in [0, 0.05) is 35.1 Å². The number of halogens is 5. The van der Waals surface area contributed by atoms with E-state index in [4.69, 9.17) is 23.2 Å². The summed E-state index contributed by atoms with van der Waals surface area (Å²) in [6, 6.07) is 17.7. The van der Waals surface area contributed by atoms with E-state index < -0.39 is 69.5 Å². The quantitative estimate of drug-likeness (QED) is 0.173. The topological polar surface area (TPSA) is 120 Å². The molecular formula is C37H27Cl2F3N4O5. The normalized spacial score (nSPS) is 27.4. The van der Waals surface area contributed by atoms with Crippen molar-refractivity contribution in [3.63, 3.8) is 0 Å². The lowest BCUT2D eigenvalue weighted by atomic mass is 9.49. The van der Waals surface area contributed by atoms with Crippen molar-refractivity contribution in [2.75, 3.05) is 12.5 Å². The second-order valence-electron chi connectivity index (χ2n) is 13.4. The minimum absolute atomic E-state index is 0.0236. The molecule has 2 aliphatic heterocycles. The van der Waals surface area contributed by atoms with E-state index in [0.717, 1.165) is 15.3 Å². The van der Waals surface area contributed by atoms with E-state index in [0.29, 0.717) is 39.4 Å². The predicted molar refractivity (Wildman–Crippen MR) is 180 cm³/mol. The summed E-state index contributed by atoms with van der Waals surface area (Å²) in [5, 5.41) is 13.8. The fourth-order valence-electron chi connectivity index (χ4n) is 8.79. The molecule has 6 atom stereocenters. The number of aromatic nitrogens is 1. The van der Waals surface area contributed by atoms with Gasteiger partial charge in [-0.05, 0) is 47.9 Å². The van der Waals surface area contributed by atoms with Crippen molar-refractivity contribution in [1.82, 2.24) is 14.9 Å². The van der Waals surface area contributed by atoms with Gasteiger partial charge in [0.2, 0.25) is 11.8 Å². The number of anilines is 1. The van der Waals surface area contributed by atoms with Crippen molar-refractivity contribution in [2.24, 2.45) is 23.7 Å². The van der Waals surface area contributed by atoms with Gasteiger partial charge in [-0.25, -0.2) is 4.98 Å². The summed E-state index contributed by atoms with van der Waals surface area (Å²) in [6.07, 6.45) is -2.18. The number of pyridine rings is 1. The highest BCUT2D eigenvalue weighted by Gasteiger charge is 2.70. The van der Waals surface area contributed by atoms with Gasteiger partial charge in [-0.2, -0.15) is 18.2 Å². The Balaban J connectivity index is 1.37. The fraction of sp³-hybridized carbons (Fsp3) is 0.270. The van der Waals surface area contributed by atoms with Crippen LogP contribution < -0.4 is 5.43 Å². The number of likely N-dealkylation sites (tertiary alicyclic amines) is 1. The van der Waals surface area contributed by atoms with Gasteiger partial charge in [-0.1, -0.05) is 83.4 Å². The average molecular weight is 736 g/mol. The predicted octanol–water partition coefficient (Wildman–Crippen LogP) is 6.88. The molecule has 0 bridgehead atoms. The van der Waals surface area contributed by atoms with Gasteiger partial charge in [0.15, 0.2) is 5.82 Å². The highest BCUT2D eigenvalue weighted by atomic mass is 35.5. The van der Waals surface area contributed by atoms with Crippen LogP contribution in [0.1, 0.15) is 35.4 Å². The molecule has 9 nitrogen and oxygen atoms in total. The highest BCUT2D eigenvalue weighted by Crippen LogP contribution is 2.65. The number of carbonyl (C=O) groups is 4. The first-order valence-electron chi connectivity index (χ1n) is 16.1.